The van der Waals surface area contributed by atoms with Crippen LogP contribution >= 0.6 is 0 Å². The molecule has 0 aliphatic carbocycles. The molecule has 0 aliphatic heterocycles. The third-order valence-electron chi connectivity index (χ3n) is 3.42. The van der Waals surface area contributed by atoms with Gasteiger partial charge in [-0.2, -0.15) is 52.7 Å². The second kappa shape index (κ2) is 8.53. The van der Waals surface area contributed by atoms with Crippen molar-refractivity contribution in [2.45, 2.75) is 61.2 Å². The number of rotatable bonds is 12. The molecule has 0 radical (unpaired) electrons. The second-order valence-corrected chi connectivity index (χ2v) is 5.52. The Hall–Kier alpha value is -1.16. The van der Waals surface area contributed by atoms with Crippen LogP contribution in [0.3, 0.4) is 0 Å². The van der Waals surface area contributed by atoms with E-state index in [1.165, 1.54) is 0 Å². The minimum atomic E-state index is -6.63. The van der Waals surface area contributed by atoms with Crippen LogP contribution in [-0.2, 0) is 4.74 Å². The average Bonchev–Trinajstić information content (AvgIpc) is 2.53. The van der Waals surface area contributed by atoms with E-state index < -0.39 is 74.4 Å². The van der Waals surface area contributed by atoms with E-state index in [4.69, 9.17) is 0 Å². The van der Waals surface area contributed by atoms with Crippen LogP contribution in [-0.4, -0.2) is 61.6 Å². The molecule has 0 saturated heterocycles. The number of hydrogen-bond acceptors (Lipinski definition) is 1. The molecule has 0 bridgehead atoms. The molecule has 176 valence electrons. The number of halogens is 16. The van der Waals surface area contributed by atoms with E-state index >= 15 is 0 Å². The van der Waals surface area contributed by atoms with Gasteiger partial charge in [-0.3, -0.25) is 0 Å². The van der Waals surface area contributed by atoms with Gasteiger partial charge in [0.2, 0.25) is 0 Å². The van der Waals surface area contributed by atoms with Gasteiger partial charge < -0.3 is 4.74 Å². The molecule has 0 unspecified atom stereocenters. The summed E-state index contributed by atoms with van der Waals surface area (Å²) in [5, 5.41) is 0. The fourth-order valence-electron chi connectivity index (χ4n) is 1.58. The van der Waals surface area contributed by atoms with E-state index in [1.807, 2.05) is 0 Å². The summed E-state index contributed by atoms with van der Waals surface area (Å²) < 4.78 is 205. The van der Waals surface area contributed by atoms with Crippen molar-refractivity contribution < 1.29 is 75.0 Å². The molecule has 0 aliphatic rings. The Balaban J connectivity index is 4.92. The SMILES string of the molecule is FC(F)C(F)(F)C(F)(F)C(F)(F)CCOCCC(F)(F)C(F)(F)C(F)(F)C(F)F. The molecule has 0 rings (SSSR count). The predicted molar refractivity (Wildman–Crippen MR) is 61.7 cm³/mol. The average molecular weight is 474 g/mol. The molecular weight excluding hydrogens is 464 g/mol. The molecule has 17 heteroatoms. The summed E-state index contributed by atoms with van der Waals surface area (Å²) in [6.45, 7) is -3.73. The first-order valence-electron chi connectivity index (χ1n) is 7.00. The van der Waals surface area contributed by atoms with Crippen LogP contribution in [0.4, 0.5) is 70.2 Å². The summed E-state index contributed by atoms with van der Waals surface area (Å²) in [6, 6.07) is 0. The molecule has 0 heterocycles. The highest BCUT2D eigenvalue weighted by Crippen LogP contribution is 2.51. The quantitative estimate of drug-likeness (QED) is 0.245. The summed E-state index contributed by atoms with van der Waals surface area (Å²) in [5.74, 6) is -38.1. The summed E-state index contributed by atoms with van der Waals surface area (Å²) in [4.78, 5) is 0. The lowest BCUT2D eigenvalue weighted by Gasteiger charge is -2.33. The predicted octanol–water partition coefficient (Wildman–Crippen LogP) is 6.13. The highest BCUT2D eigenvalue weighted by Gasteiger charge is 2.76. The number of hydrogen-bond donors (Lipinski definition) is 0. The lowest BCUT2D eigenvalue weighted by molar-refractivity contribution is -0.343. The Labute approximate surface area is 151 Å². The van der Waals surface area contributed by atoms with Gasteiger partial charge in [-0.25, -0.2) is 17.6 Å². The third kappa shape index (κ3) is 5.13. The zero-order chi connectivity index (χ0) is 23.7. The Kier molecular flexibility index (Phi) is 8.19. The molecule has 29 heavy (non-hydrogen) atoms. The van der Waals surface area contributed by atoms with Crippen molar-refractivity contribution in [1.29, 1.82) is 0 Å². The van der Waals surface area contributed by atoms with Gasteiger partial charge in [0.25, 0.3) is 0 Å². The first-order valence-corrected chi connectivity index (χ1v) is 7.00. The fourth-order valence-corrected chi connectivity index (χ4v) is 1.58. The zero-order valence-corrected chi connectivity index (χ0v) is 13.4. The smallest absolute Gasteiger partial charge is 0.377 e. The van der Waals surface area contributed by atoms with E-state index in [1.54, 1.807) is 0 Å². The first kappa shape index (κ1) is 27.8. The summed E-state index contributed by atoms with van der Waals surface area (Å²) in [7, 11) is 0. The van der Waals surface area contributed by atoms with Gasteiger partial charge in [0, 0.05) is 12.8 Å². The molecule has 0 aromatic rings. The standard InChI is InChI=1S/C12H10F16O/c13-5(14)9(21,22)11(25,26)7(17,18)1-3-29-4-2-8(19,20)12(27,28)10(23,24)6(15)16/h5-6H,1-4H2. The molecule has 0 atom stereocenters. The van der Waals surface area contributed by atoms with E-state index in [0.29, 0.717) is 0 Å². The molecule has 0 aromatic heterocycles. The Bertz CT molecular complexity index is 482. The van der Waals surface area contributed by atoms with Crippen molar-refractivity contribution >= 4 is 0 Å². The second-order valence-electron chi connectivity index (χ2n) is 5.52. The zero-order valence-electron chi connectivity index (χ0n) is 13.4. The topological polar surface area (TPSA) is 9.23 Å². The summed E-state index contributed by atoms with van der Waals surface area (Å²) >= 11 is 0. The van der Waals surface area contributed by atoms with Crippen LogP contribution in [0.15, 0.2) is 0 Å². The van der Waals surface area contributed by atoms with Gasteiger partial charge in [-0.1, -0.05) is 0 Å². The molecule has 0 N–H and O–H groups in total. The van der Waals surface area contributed by atoms with Crippen LogP contribution in [0.5, 0.6) is 0 Å². The number of alkyl halides is 16. The monoisotopic (exact) mass is 474 g/mol. The fraction of sp³-hybridized carbons (Fsp3) is 1.00. The molecule has 0 aromatic carbocycles. The molecule has 0 amide bonds. The van der Waals surface area contributed by atoms with Crippen molar-refractivity contribution in [1.82, 2.24) is 0 Å². The lowest BCUT2D eigenvalue weighted by Crippen LogP contribution is -2.58. The molecule has 0 spiro atoms. The lowest BCUT2D eigenvalue weighted by atomic mass is 10.0. The summed E-state index contributed by atoms with van der Waals surface area (Å²) in [5.41, 5.74) is 0. The van der Waals surface area contributed by atoms with Crippen LogP contribution in [0.1, 0.15) is 12.8 Å². The van der Waals surface area contributed by atoms with Crippen molar-refractivity contribution in [2.75, 3.05) is 13.2 Å². The van der Waals surface area contributed by atoms with E-state index in [0.717, 1.165) is 0 Å². The van der Waals surface area contributed by atoms with Gasteiger partial charge in [-0.05, 0) is 0 Å². The highest BCUT2D eigenvalue weighted by atomic mass is 19.4. The maximum absolute atomic E-state index is 13.1. The third-order valence-corrected chi connectivity index (χ3v) is 3.42. The largest absolute Gasteiger partial charge is 0.381 e. The van der Waals surface area contributed by atoms with Crippen molar-refractivity contribution in [3.05, 3.63) is 0 Å². The van der Waals surface area contributed by atoms with E-state index in [-0.39, 0.29) is 0 Å². The van der Waals surface area contributed by atoms with Crippen LogP contribution in [0, 0.1) is 0 Å². The minimum Gasteiger partial charge on any atom is -0.381 e. The summed E-state index contributed by atoms with van der Waals surface area (Å²) in [6.07, 6.45) is -15.4. The Morgan fingerprint density at radius 3 is 0.931 bits per heavy atom. The molecule has 0 fully saturated rings. The number of ether oxygens (including phenoxy) is 1. The normalized spacial score (nSPS) is 15.5. The minimum absolute atomic E-state index is 1.87. The van der Waals surface area contributed by atoms with Crippen LogP contribution < -0.4 is 0 Å². The van der Waals surface area contributed by atoms with Gasteiger partial charge in [0.15, 0.2) is 0 Å². The van der Waals surface area contributed by atoms with Gasteiger partial charge in [0.1, 0.15) is 0 Å². The van der Waals surface area contributed by atoms with Crippen molar-refractivity contribution in [3.8, 4) is 0 Å². The van der Waals surface area contributed by atoms with Gasteiger partial charge in [0.05, 0.1) is 13.2 Å². The van der Waals surface area contributed by atoms with Gasteiger partial charge in [-0.15, -0.1) is 0 Å². The maximum Gasteiger partial charge on any atom is 0.377 e. The Morgan fingerprint density at radius 1 is 0.483 bits per heavy atom. The maximum atomic E-state index is 13.1. The Morgan fingerprint density at radius 2 is 0.724 bits per heavy atom. The first-order chi connectivity index (χ1) is 12.6. The van der Waals surface area contributed by atoms with E-state index in [2.05, 4.69) is 4.74 Å². The highest BCUT2D eigenvalue weighted by molar-refractivity contribution is 4.98. The van der Waals surface area contributed by atoms with Crippen molar-refractivity contribution in [2.24, 2.45) is 0 Å². The van der Waals surface area contributed by atoms with Crippen LogP contribution in [0.25, 0.3) is 0 Å². The van der Waals surface area contributed by atoms with Gasteiger partial charge >= 0.3 is 48.4 Å². The van der Waals surface area contributed by atoms with E-state index in [9.17, 15) is 70.2 Å². The van der Waals surface area contributed by atoms with Crippen LogP contribution in [0.2, 0.25) is 0 Å². The molecule has 1 nitrogen and oxygen atoms in total. The molecular formula is C12H10F16O. The molecule has 0 saturated carbocycles. The van der Waals surface area contributed by atoms with Crippen molar-refractivity contribution in [3.63, 3.8) is 0 Å².